The summed E-state index contributed by atoms with van der Waals surface area (Å²) in [6.07, 6.45) is 4.81. The molecule has 1 aliphatic heterocycles. The van der Waals surface area contributed by atoms with E-state index in [1.807, 2.05) is 11.8 Å². The van der Waals surface area contributed by atoms with Crippen molar-refractivity contribution >= 4 is 11.8 Å². The number of thioether (sulfide) groups is 1. The second-order valence-corrected chi connectivity index (χ2v) is 5.21. The lowest BCUT2D eigenvalue weighted by Gasteiger charge is -2.19. The van der Waals surface area contributed by atoms with Gasteiger partial charge in [0.25, 0.3) is 0 Å². The van der Waals surface area contributed by atoms with Gasteiger partial charge < -0.3 is 9.84 Å². The maximum atomic E-state index is 5.30. The number of rotatable bonds is 5. The summed E-state index contributed by atoms with van der Waals surface area (Å²) in [6, 6.07) is 0.283. The molecule has 0 spiro atoms. The fourth-order valence-electron chi connectivity index (χ4n) is 1.84. The molecule has 0 saturated carbocycles. The van der Waals surface area contributed by atoms with Gasteiger partial charge >= 0.3 is 0 Å². The van der Waals surface area contributed by atoms with Crippen LogP contribution in [-0.2, 0) is 5.75 Å². The molecule has 0 amide bonds. The highest BCUT2D eigenvalue weighted by Gasteiger charge is 2.20. The maximum Gasteiger partial charge on any atom is 0.243 e. The smallest absolute Gasteiger partial charge is 0.243 e. The molecule has 16 heavy (non-hydrogen) atoms. The van der Waals surface area contributed by atoms with Gasteiger partial charge in [0.1, 0.15) is 0 Å². The number of hydrogen-bond acceptors (Lipinski definition) is 5. The first kappa shape index (κ1) is 11.9. The zero-order chi connectivity index (χ0) is 11.2. The van der Waals surface area contributed by atoms with Crippen LogP contribution in [0.25, 0.3) is 0 Å². The first-order valence-electron chi connectivity index (χ1n) is 6.03. The summed E-state index contributed by atoms with van der Waals surface area (Å²) in [5.74, 6) is 3.63. The first-order chi connectivity index (χ1) is 7.90. The Kier molecular flexibility index (Phi) is 4.66. The molecule has 1 saturated heterocycles. The van der Waals surface area contributed by atoms with Crippen molar-refractivity contribution in [2.24, 2.45) is 0 Å². The van der Waals surface area contributed by atoms with Crippen molar-refractivity contribution in [1.29, 1.82) is 0 Å². The fraction of sp³-hybridized carbons (Fsp3) is 0.818. The quantitative estimate of drug-likeness (QED) is 0.803. The molecule has 1 fully saturated rings. The molecular formula is C11H19N3OS. The van der Waals surface area contributed by atoms with E-state index < -0.39 is 0 Å². The van der Waals surface area contributed by atoms with Crippen LogP contribution in [0.4, 0.5) is 0 Å². The Bertz CT molecular complexity index is 310. The molecule has 2 rings (SSSR count). The zero-order valence-corrected chi connectivity index (χ0v) is 10.6. The minimum Gasteiger partial charge on any atom is -0.338 e. The van der Waals surface area contributed by atoms with Gasteiger partial charge in [0.15, 0.2) is 5.82 Å². The molecule has 1 atom stereocenters. The van der Waals surface area contributed by atoms with Crippen LogP contribution in [0.15, 0.2) is 4.52 Å². The van der Waals surface area contributed by atoms with Crippen molar-refractivity contribution in [3.05, 3.63) is 11.7 Å². The third kappa shape index (κ3) is 3.22. The van der Waals surface area contributed by atoms with Crippen LogP contribution < -0.4 is 5.32 Å². The van der Waals surface area contributed by atoms with E-state index in [0.717, 1.165) is 36.2 Å². The van der Waals surface area contributed by atoms with E-state index >= 15 is 0 Å². The highest BCUT2D eigenvalue weighted by molar-refractivity contribution is 7.98. The third-order valence-electron chi connectivity index (χ3n) is 2.67. The zero-order valence-electron chi connectivity index (χ0n) is 9.74. The summed E-state index contributed by atoms with van der Waals surface area (Å²) in [7, 11) is 0. The number of hydrogen-bond donors (Lipinski definition) is 1. The highest BCUT2D eigenvalue weighted by Crippen LogP contribution is 2.22. The first-order valence-corrected chi connectivity index (χ1v) is 7.19. The molecule has 0 bridgehead atoms. The summed E-state index contributed by atoms with van der Waals surface area (Å²) >= 11 is 1.86. The second kappa shape index (κ2) is 6.25. The largest absolute Gasteiger partial charge is 0.338 e. The van der Waals surface area contributed by atoms with Gasteiger partial charge in [-0.15, -0.1) is 0 Å². The van der Waals surface area contributed by atoms with Crippen molar-refractivity contribution in [1.82, 2.24) is 15.5 Å². The number of nitrogens with zero attached hydrogens (tertiary/aromatic N) is 2. The van der Waals surface area contributed by atoms with Gasteiger partial charge in [0, 0.05) is 0 Å². The van der Waals surface area contributed by atoms with Gasteiger partial charge in [0.05, 0.1) is 11.8 Å². The molecule has 0 radical (unpaired) electrons. The lowest BCUT2D eigenvalue weighted by Crippen LogP contribution is -2.26. The minimum atomic E-state index is 0.283. The predicted molar refractivity (Wildman–Crippen MR) is 65.3 cm³/mol. The second-order valence-electron chi connectivity index (χ2n) is 4.10. The van der Waals surface area contributed by atoms with Crippen LogP contribution in [0.5, 0.6) is 0 Å². The predicted octanol–water partition coefficient (Wildman–Crippen LogP) is 2.53. The summed E-state index contributed by atoms with van der Waals surface area (Å²) in [6.45, 7) is 3.24. The van der Waals surface area contributed by atoms with E-state index in [2.05, 4.69) is 22.4 Å². The molecule has 2 heterocycles. The Hall–Kier alpha value is -0.550. The van der Waals surface area contributed by atoms with Crippen molar-refractivity contribution in [2.45, 2.75) is 44.4 Å². The molecule has 0 unspecified atom stereocenters. The summed E-state index contributed by atoms with van der Waals surface area (Å²) in [5, 5.41) is 7.43. The Morgan fingerprint density at radius 1 is 1.50 bits per heavy atom. The third-order valence-corrected chi connectivity index (χ3v) is 3.83. The average molecular weight is 241 g/mol. The maximum absolute atomic E-state index is 5.30. The van der Waals surface area contributed by atoms with Crippen LogP contribution >= 0.6 is 11.8 Å². The van der Waals surface area contributed by atoms with E-state index in [1.165, 1.54) is 19.3 Å². The molecular weight excluding hydrogens is 222 g/mol. The van der Waals surface area contributed by atoms with Gasteiger partial charge in [-0.1, -0.05) is 18.5 Å². The standard InChI is InChI=1S/C11H19N3OS/c1-2-7-16-8-10-13-11(15-14-10)9-5-3-4-6-12-9/h9,12H,2-8H2,1H3/t9-/m1/s1. The topological polar surface area (TPSA) is 51.0 Å². The Morgan fingerprint density at radius 2 is 2.44 bits per heavy atom. The molecule has 5 heteroatoms. The van der Waals surface area contributed by atoms with E-state index in [4.69, 9.17) is 4.52 Å². The number of piperidine rings is 1. The van der Waals surface area contributed by atoms with Crippen LogP contribution in [0.1, 0.15) is 50.4 Å². The lowest BCUT2D eigenvalue weighted by atomic mass is 10.1. The summed E-state index contributed by atoms with van der Waals surface area (Å²) in [4.78, 5) is 4.44. The van der Waals surface area contributed by atoms with Gasteiger partial charge in [-0.05, 0) is 31.6 Å². The Morgan fingerprint density at radius 3 is 3.19 bits per heavy atom. The van der Waals surface area contributed by atoms with Crippen molar-refractivity contribution in [3.63, 3.8) is 0 Å². The molecule has 0 aromatic carbocycles. The van der Waals surface area contributed by atoms with E-state index in [-0.39, 0.29) is 6.04 Å². The van der Waals surface area contributed by atoms with Crippen molar-refractivity contribution in [3.8, 4) is 0 Å². The van der Waals surface area contributed by atoms with E-state index in [9.17, 15) is 0 Å². The minimum absolute atomic E-state index is 0.283. The van der Waals surface area contributed by atoms with Crippen LogP contribution in [0.3, 0.4) is 0 Å². The summed E-state index contributed by atoms with van der Waals surface area (Å²) < 4.78 is 5.30. The van der Waals surface area contributed by atoms with E-state index in [0.29, 0.717) is 0 Å². The van der Waals surface area contributed by atoms with Crippen LogP contribution in [0.2, 0.25) is 0 Å². The molecule has 1 N–H and O–H groups in total. The molecule has 1 aromatic heterocycles. The molecule has 1 aliphatic rings. The lowest BCUT2D eigenvalue weighted by molar-refractivity contribution is 0.296. The normalized spacial score (nSPS) is 21.2. The molecule has 90 valence electrons. The number of aromatic nitrogens is 2. The monoisotopic (exact) mass is 241 g/mol. The highest BCUT2D eigenvalue weighted by atomic mass is 32.2. The SMILES string of the molecule is CCCSCc1noc([C@H]2CCCCN2)n1. The van der Waals surface area contributed by atoms with Crippen molar-refractivity contribution < 1.29 is 4.52 Å². The van der Waals surface area contributed by atoms with Gasteiger partial charge in [-0.25, -0.2) is 0 Å². The number of nitrogens with one attached hydrogen (secondary N) is 1. The average Bonchev–Trinajstić information content (AvgIpc) is 2.79. The van der Waals surface area contributed by atoms with Gasteiger partial charge in [0.2, 0.25) is 5.89 Å². The van der Waals surface area contributed by atoms with Gasteiger partial charge in [-0.2, -0.15) is 16.7 Å². The Balaban J connectivity index is 1.85. The Labute approximate surface area is 101 Å². The molecule has 4 nitrogen and oxygen atoms in total. The molecule has 1 aromatic rings. The van der Waals surface area contributed by atoms with Gasteiger partial charge in [-0.3, -0.25) is 0 Å². The summed E-state index contributed by atoms with van der Waals surface area (Å²) in [5.41, 5.74) is 0. The fourth-order valence-corrected chi connectivity index (χ4v) is 2.57. The van der Waals surface area contributed by atoms with E-state index in [1.54, 1.807) is 0 Å². The van der Waals surface area contributed by atoms with Crippen LogP contribution in [0, 0.1) is 0 Å². The van der Waals surface area contributed by atoms with Crippen LogP contribution in [-0.4, -0.2) is 22.4 Å². The van der Waals surface area contributed by atoms with Crippen molar-refractivity contribution in [2.75, 3.05) is 12.3 Å². The molecule has 0 aliphatic carbocycles.